The van der Waals surface area contributed by atoms with Crippen LogP contribution in [0.4, 0.5) is 0 Å². The summed E-state index contributed by atoms with van der Waals surface area (Å²) >= 11 is 0. The molecule has 0 radical (unpaired) electrons. The average Bonchev–Trinajstić information content (AvgIpc) is 3.26. The Hall–Kier alpha value is -1.27. The SMILES string of the molecule is CCCCCCCCCCCCCCCC(=O)NC(CCCC)C(N)(CC)CCC.CCCCCCCCCCCCCCCC(=O)NC(CCCC)C(N)(CC)CCC.O=S(=O)(O)O. The lowest BCUT2D eigenvalue weighted by atomic mass is 9.81. The Morgan fingerprint density at radius 3 is 0.815 bits per heavy atom. The van der Waals surface area contributed by atoms with Gasteiger partial charge in [-0.2, -0.15) is 8.42 Å². The second-order valence-electron chi connectivity index (χ2n) is 19.6. The normalized spacial score (nSPS) is 14.2. The molecule has 392 valence electrons. The third-order valence-corrected chi connectivity index (χ3v) is 13.5. The van der Waals surface area contributed by atoms with Gasteiger partial charge in [0, 0.05) is 36.0 Å². The molecule has 0 saturated carbocycles. The summed E-state index contributed by atoms with van der Waals surface area (Å²) in [6.07, 6.45) is 48.6. The maximum Gasteiger partial charge on any atom is 0.394 e. The Balaban J connectivity index is -0.00000107. The molecule has 11 heteroatoms. The highest BCUT2D eigenvalue weighted by Gasteiger charge is 2.34. The van der Waals surface area contributed by atoms with Crippen LogP contribution in [0.25, 0.3) is 0 Å². The fourth-order valence-electron chi connectivity index (χ4n) is 9.09. The van der Waals surface area contributed by atoms with E-state index in [2.05, 4.69) is 66.0 Å². The molecule has 0 fully saturated rings. The first-order valence-electron chi connectivity index (χ1n) is 27.9. The van der Waals surface area contributed by atoms with Crippen LogP contribution in [-0.4, -0.2) is 52.5 Å². The van der Waals surface area contributed by atoms with E-state index in [-0.39, 0.29) is 35.0 Å². The van der Waals surface area contributed by atoms with Gasteiger partial charge in [-0.1, -0.05) is 248 Å². The van der Waals surface area contributed by atoms with Gasteiger partial charge in [0.2, 0.25) is 11.8 Å². The Labute approximate surface area is 405 Å². The van der Waals surface area contributed by atoms with Gasteiger partial charge in [0.1, 0.15) is 0 Å². The molecule has 0 aliphatic carbocycles. The van der Waals surface area contributed by atoms with Crippen molar-refractivity contribution in [1.82, 2.24) is 10.6 Å². The summed E-state index contributed by atoms with van der Waals surface area (Å²) in [5.41, 5.74) is 12.9. The highest BCUT2D eigenvalue weighted by molar-refractivity contribution is 7.79. The maximum atomic E-state index is 12.5. The van der Waals surface area contributed by atoms with Crippen LogP contribution in [0, 0.1) is 0 Å². The molecule has 0 bridgehead atoms. The molecular weight excluding hydrogens is 833 g/mol. The molecule has 65 heavy (non-hydrogen) atoms. The molecule has 0 aliphatic rings. The standard InChI is InChI=1S/2C27H56N2O.H2O4S/c2*1-5-9-11-12-13-14-15-16-17-18-19-20-21-23-26(30)29-25(22-10-6-2)27(28,8-4)24-7-3;1-5(2,3)4/h2*25H,5-24,28H2,1-4H3,(H,29,30);(H2,1,2,3,4). The minimum Gasteiger partial charge on any atom is -0.352 e. The van der Waals surface area contributed by atoms with Crippen molar-refractivity contribution in [3.8, 4) is 0 Å². The highest BCUT2D eigenvalue weighted by Crippen LogP contribution is 2.25. The molecule has 0 aromatic heterocycles. The molecule has 10 nitrogen and oxygen atoms in total. The van der Waals surface area contributed by atoms with Crippen LogP contribution in [-0.2, 0) is 20.0 Å². The summed E-state index contributed by atoms with van der Waals surface area (Å²) in [6.45, 7) is 17.7. The molecule has 2 amide bonds. The van der Waals surface area contributed by atoms with Gasteiger partial charge in [-0.15, -0.1) is 0 Å². The third kappa shape index (κ3) is 46.2. The summed E-state index contributed by atoms with van der Waals surface area (Å²) < 4.78 is 31.6. The fourth-order valence-corrected chi connectivity index (χ4v) is 9.09. The van der Waals surface area contributed by atoms with Gasteiger partial charge in [-0.05, 0) is 51.4 Å². The average molecular weight is 948 g/mol. The van der Waals surface area contributed by atoms with Crippen LogP contribution < -0.4 is 22.1 Å². The minimum absolute atomic E-state index is 0.122. The second kappa shape index (κ2) is 47.8. The van der Waals surface area contributed by atoms with Crippen molar-refractivity contribution in [2.24, 2.45) is 11.5 Å². The topological polar surface area (TPSA) is 185 Å². The van der Waals surface area contributed by atoms with Crippen molar-refractivity contribution >= 4 is 22.2 Å². The predicted molar refractivity (Wildman–Crippen MR) is 282 cm³/mol. The van der Waals surface area contributed by atoms with E-state index in [1.54, 1.807) is 0 Å². The van der Waals surface area contributed by atoms with Crippen molar-refractivity contribution in [3.63, 3.8) is 0 Å². The lowest BCUT2D eigenvalue weighted by Gasteiger charge is -2.37. The lowest BCUT2D eigenvalue weighted by molar-refractivity contribution is -0.123. The van der Waals surface area contributed by atoms with E-state index in [9.17, 15) is 9.59 Å². The molecule has 4 atom stereocenters. The number of carbonyl (C=O) groups is 2. The van der Waals surface area contributed by atoms with Crippen molar-refractivity contribution in [2.75, 3.05) is 0 Å². The van der Waals surface area contributed by atoms with Gasteiger partial charge in [-0.25, -0.2) is 0 Å². The number of hydrogen-bond acceptors (Lipinski definition) is 6. The van der Waals surface area contributed by atoms with Gasteiger partial charge >= 0.3 is 10.4 Å². The number of amides is 2. The zero-order chi connectivity index (χ0) is 49.5. The van der Waals surface area contributed by atoms with Crippen molar-refractivity contribution in [2.45, 2.75) is 335 Å². The smallest absolute Gasteiger partial charge is 0.352 e. The van der Waals surface area contributed by atoms with Crippen molar-refractivity contribution < 1.29 is 27.1 Å². The molecule has 8 N–H and O–H groups in total. The number of rotatable bonds is 44. The quantitative estimate of drug-likeness (QED) is 0.0257. The predicted octanol–water partition coefficient (Wildman–Crippen LogP) is 15.4. The molecule has 4 unspecified atom stereocenters. The van der Waals surface area contributed by atoms with Gasteiger partial charge < -0.3 is 22.1 Å². The first-order valence-corrected chi connectivity index (χ1v) is 29.3. The molecule has 0 saturated heterocycles. The first-order chi connectivity index (χ1) is 31.1. The van der Waals surface area contributed by atoms with Crippen molar-refractivity contribution in [3.05, 3.63) is 0 Å². The van der Waals surface area contributed by atoms with E-state index in [1.165, 1.54) is 154 Å². The highest BCUT2D eigenvalue weighted by atomic mass is 32.3. The monoisotopic (exact) mass is 947 g/mol. The van der Waals surface area contributed by atoms with Crippen LogP contribution in [0.1, 0.15) is 312 Å². The third-order valence-electron chi connectivity index (χ3n) is 13.5. The van der Waals surface area contributed by atoms with Gasteiger partial charge in [-0.3, -0.25) is 18.7 Å². The fraction of sp³-hybridized carbons (Fsp3) is 0.963. The minimum atomic E-state index is -4.67. The summed E-state index contributed by atoms with van der Waals surface area (Å²) in [7, 11) is -4.67. The van der Waals surface area contributed by atoms with Crippen LogP contribution in [0.15, 0.2) is 0 Å². The van der Waals surface area contributed by atoms with E-state index in [0.717, 1.165) is 89.9 Å². The van der Waals surface area contributed by atoms with E-state index in [4.69, 9.17) is 29.0 Å². The molecule has 0 aromatic rings. The summed E-state index contributed by atoms with van der Waals surface area (Å²) in [5.74, 6) is 0.414. The zero-order valence-corrected chi connectivity index (χ0v) is 45.3. The van der Waals surface area contributed by atoms with E-state index in [1.807, 2.05) is 0 Å². The number of carbonyl (C=O) groups excluding carboxylic acids is 2. The molecular formula is C54H114N4O6S. The number of hydrogen-bond donors (Lipinski definition) is 6. The molecule has 0 spiro atoms. The zero-order valence-electron chi connectivity index (χ0n) is 44.5. The Kier molecular flexibility index (Phi) is 50.0. The number of nitrogens with one attached hydrogen (secondary N) is 2. The largest absolute Gasteiger partial charge is 0.394 e. The van der Waals surface area contributed by atoms with Gasteiger partial charge in [0.05, 0.1) is 0 Å². The molecule has 0 aromatic carbocycles. The van der Waals surface area contributed by atoms with Gasteiger partial charge in [0.15, 0.2) is 0 Å². The van der Waals surface area contributed by atoms with E-state index >= 15 is 0 Å². The van der Waals surface area contributed by atoms with Crippen molar-refractivity contribution in [1.29, 1.82) is 0 Å². The summed E-state index contributed by atoms with van der Waals surface area (Å²) in [5, 5.41) is 6.62. The number of unbranched alkanes of at least 4 members (excludes halogenated alkanes) is 26. The summed E-state index contributed by atoms with van der Waals surface area (Å²) in [6, 6.07) is 0.244. The molecule has 0 aliphatic heterocycles. The van der Waals surface area contributed by atoms with Crippen LogP contribution in [0.5, 0.6) is 0 Å². The van der Waals surface area contributed by atoms with Gasteiger partial charge in [0.25, 0.3) is 0 Å². The Morgan fingerprint density at radius 1 is 0.400 bits per heavy atom. The maximum absolute atomic E-state index is 12.5. The molecule has 0 heterocycles. The van der Waals surface area contributed by atoms with E-state index in [0.29, 0.717) is 12.8 Å². The first kappa shape index (κ1) is 68.0. The van der Waals surface area contributed by atoms with Crippen LogP contribution >= 0.6 is 0 Å². The lowest BCUT2D eigenvalue weighted by Crippen LogP contribution is -2.58. The number of nitrogens with two attached hydrogens (primary N) is 2. The Morgan fingerprint density at radius 2 is 0.615 bits per heavy atom. The summed E-state index contributed by atoms with van der Waals surface area (Å²) in [4.78, 5) is 25.0. The second-order valence-corrected chi connectivity index (χ2v) is 20.5. The van der Waals surface area contributed by atoms with Crippen LogP contribution in [0.2, 0.25) is 0 Å². The van der Waals surface area contributed by atoms with E-state index < -0.39 is 10.4 Å². The van der Waals surface area contributed by atoms with Crippen LogP contribution in [0.3, 0.4) is 0 Å². The molecule has 0 rings (SSSR count). The Bertz CT molecular complexity index is 1060.